The summed E-state index contributed by atoms with van der Waals surface area (Å²) >= 11 is 0. The van der Waals surface area contributed by atoms with E-state index >= 15 is 8.78 Å². The Hall–Kier alpha value is -3.43. The quantitative estimate of drug-likeness (QED) is 0.175. The number of piperidine rings is 1. The zero-order chi connectivity index (χ0) is 26.5. The molecule has 7 nitrogen and oxygen atoms in total. The highest BCUT2D eigenvalue weighted by molar-refractivity contribution is 6.09. The molecule has 1 aromatic rings. The van der Waals surface area contributed by atoms with Gasteiger partial charge in [-0.1, -0.05) is 31.6 Å². The van der Waals surface area contributed by atoms with Gasteiger partial charge in [0.25, 0.3) is 5.92 Å². The number of likely N-dealkylation sites (tertiary alicyclic amines) is 1. The number of halogens is 3. The summed E-state index contributed by atoms with van der Waals surface area (Å²) in [5.74, 6) is -3.25. The molecule has 0 amide bonds. The molecule has 1 spiro atoms. The van der Waals surface area contributed by atoms with E-state index in [2.05, 4.69) is 21.7 Å². The Kier molecular flexibility index (Phi) is 8.37. The van der Waals surface area contributed by atoms with Gasteiger partial charge in [0.05, 0.1) is 0 Å². The standard InChI is InChI=1S/C26H31F3N4O3/c1-17(2)14-32-36-24(30-5)33-10-8-25(9-11-33)26(28,29)13-21-12-20(6-7-23(21)35-25)18(3)15-31-22(16-34)19(4)27/h6-7,12,14-17H,3,8-11,13H2,1-2,4-5H3/b22-19+,30-24?,31-15?,32-14+. The van der Waals surface area contributed by atoms with Crippen molar-refractivity contribution < 1.29 is 27.5 Å². The van der Waals surface area contributed by atoms with E-state index < -0.39 is 23.8 Å². The summed E-state index contributed by atoms with van der Waals surface area (Å²) in [6.45, 7) is 9.44. The van der Waals surface area contributed by atoms with Crippen molar-refractivity contribution in [1.82, 2.24) is 4.90 Å². The fraction of sp³-hybridized carbons (Fsp3) is 0.462. The van der Waals surface area contributed by atoms with Crippen molar-refractivity contribution in [3.05, 3.63) is 47.4 Å². The van der Waals surface area contributed by atoms with Gasteiger partial charge in [-0.15, -0.1) is 0 Å². The molecule has 1 aromatic carbocycles. The minimum Gasteiger partial charge on any atom is -0.481 e. The van der Waals surface area contributed by atoms with Crippen LogP contribution < -0.4 is 4.74 Å². The number of hydrogen-bond acceptors (Lipinski definition) is 6. The molecule has 3 rings (SSSR count). The average molecular weight is 505 g/mol. The lowest BCUT2D eigenvalue weighted by Crippen LogP contribution is -2.62. The Morgan fingerprint density at radius 3 is 2.56 bits per heavy atom. The number of aldehydes is 1. The van der Waals surface area contributed by atoms with Crippen LogP contribution in [-0.4, -0.2) is 61.3 Å². The zero-order valence-electron chi connectivity index (χ0n) is 20.9. The van der Waals surface area contributed by atoms with Gasteiger partial charge in [0, 0.05) is 57.4 Å². The number of aliphatic imine (C=N–C) groups is 2. The van der Waals surface area contributed by atoms with Gasteiger partial charge in [-0.05, 0) is 36.1 Å². The van der Waals surface area contributed by atoms with Crippen LogP contribution >= 0.6 is 0 Å². The van der Waals surface area contributed by atoms with Crippen molar-refractivity contribution in [1.29, 1.82) is 0 Å². The Labute approximate surface area is 209 Å². The number of oxime groups is 1. The number of rotatable bonds is 6. The van der Waals surface area contributed by atoms with Crippen LogP contribution in [0.1, 0.15) is 44.7 Å². The average Bonchev–Trinajstić information content (AvgIpc) is 2.82. The van der Waals surface area contributed by atoms with Crippen LogP contribution in [0.3, 0.4) is 0 Å². The van der Waals surface area contributed by atoms with E-state index in [4.69, 9.17) is 9.57 Å². The van der Waals surface area contributed by atoms with Gasteiger partial charge in [-0.3, -0.25) is 9.79 Å². The highest BCUT2D eigenvalue weighted by Gasteiger charge is 2.59. The molecule has 194 valence electrons. The monoisotopic (exact) mass is 504 g/mol. The van der Waals surface area contributed by atoms with Gasteiger partial charge >= 0.3 is 6.02 Å². The number of ether oxygens (including phenoxy) is 1. The number of hydrogen-bond donors (Lipinski definition) is 0. The molecule has 36 heavy (non-hydrogen) atoms. The smallest absolute Gasteiger partial charge is 0.317 e. The van der Waals surface area contributed by atoms with Crippen molar-refractivity contribution in [2.75, 3.05) is 20.1 Å². The number of allylic oxidation sites excluding steroid dienone is 3. The SMILES string of the molecule is C=C(C=N/C(C=O)=C(\C)F)c1ccc2c(c1)CC(F)(F)C1(CCN(C(=NC)O/N=C/C(C)C)CC1)O2. The number of carbonyl (C=O) groups excluding carboxylic acids is 1. The second-order valence-electron chi connectivity index (χ2n) is 9.20. The van der Waals surface area contributed by atoms with Gasteiger partial charge in [0.2, 0.25) is 0 Å². The van der Waals surface area contributed by atoms with E-state index in [0.29, 0.717) is 28.7 Å². The summed E-state index contributed by atoms with van der Waals surface area (Å²) in [5.41, 5.74) is -0.784. The van der Waals surface area contributed by atoms with Gasteiger partial charge in [-0.2, -0.15) is 0 Å². The Balaban J connectivity index is 1.74. The van der Waals surface area contributed by atoms with Crippen molar-refractivity contribution in [2.45, 2.75) is 51.6 Å². The summed E-state index contributed by atoms with van der Waals surface area (Å²) in [6.07, 6.45) is 2.84. The molecule has 0 aliphatic carbocycles. The van der Waals surface area contributed by atoms with Crippen molar-refractivity contribution in [3.63, 3.8) is 0 Å². The van der Waals surface area contributed by atoms with Crippen LogP contribution in [-0.2, 0) is 16.1 Å². The van der Waals surface area contributed by atoms with Crippen LogP contribution in [0.5, 0.6) is 5.75 Å². The van der Waals surface area contributed by atoms with Crippen molar-refractivity contribution in [3.8, 4) is 5.75 Å². The molecule has 0 unspecified atom stereocenters. The minimum atomic E-state index is -3.11. The van der Waals surface area contributed by atoms with Crippen molar-refractivity contribution >= 4 is 30.3 Å². The van der Waals surface area contributed by atoms with E-state index in [9.17, 15) is 9.18 Å². The topological polar surface area (TPSA) is 75.9 Å². The third kappa shape index (κ3) is 5.85. The van der Waals surface area contributed by atoms with Gasteiger partial charge in [-0.25, -0.2) is 18.2 Å². The lowest BCUT2D eigenvalue weighted by atomic mass is 9.79. The molecule has 10 heteroatoms. The number of benzene rings is 1. The molecule has 0 atom stereocenters. The molecule has 0 saturated carbocycles. The Morgan fingerprint density at radius 2 is 1.97 bits per heavy atom. The molecule has 0 N–H and O–H groups in total. The first-order chi connectivity index (χ1) is 17.0. The highest BCUT2D eigenvalue weighted by atomic mass is 19.3. The van der Waals surface area contributed by atoms with E-state index in [-0.39, 0.29) is 43.6 Å². The first-order valence-electron chi connectivity index (χ1n) is 11.7. The van der Waals surface area contributed by atoms with Crippen LogP contribution in [0.25, 0.3) is 5.57 Å². The Bertz CT molecular complexity index is 1110. The number of fused-ring (bicyclic) bond motifs is 1. The molecule has 2 aliphatic heterocycles. The van der Waals surface area contributed by atoms with Gasteiger partial charge < -0.3 is 14.5 Å². The lowest BCUT2D eigenvalue weighted by Gasteiger charge is -2.48. The zero-order valence-corrected chi connectivity index (χ0v) is 20.9. The first kappa shape index (κ1) is 27.2. The molecular weight excluding hydrogens is 473 g/mol. The summed E-state index contributed by atoms with van der Waals surface area (Å²) < 4.78 is 50.2. The highest BCUT2D eigenvalue weighted by Crippen LogP contribution is 2.48. The normalized spacial score (nSPS) is 19.9. The van der Waals surface area contributed by atoms with Gasteiger partial charge in [0.1, 0.15) is 17.3 Å². The van der Waals surface area contributed by atoms with Crippen LogP contribution in [0.15, 0.2) is 51.4 Å². The Morgan fingerprint density at radius 1 is 1.28 bits per heavy atom. The molecule has 1 saturated heterocycles. The second kappa shape index (κ2) is 11.1. The maximum atomic E-state index is 15.5. The van der Waals surface area contributed by atoms with Crippen LogP contribution in [0.4, 0.5) is 13.2 Å². The minimum absolute atomic E-state index is 0.0836. The lowest BCUT2D eigenvalue weighted by molar-refractivity contribution is -0.192. The molecule has 0 bridgehead atoms. The molecule has 2 aliphatic rings. The number of amidine groups is 1. The summed E-state index contributed by atoms with van der Waals surface area (Å²) in [7, 11) is 1.57. The van der Waals surface area contributed by atoms with E-state index in [1.165, 1.54) is 6.21 Å². The number of alkyl halides is 2. The number of nitrogens with zero attached hydrogens (tertiary/aromatic N) is 4. The molecule has 2 heterocycles. The molecule has 0 radical (unpaired) electrons. The maximum Gasteiger partial charge on any atom is 0.317 e. The number of carbonyl (C=O) groups is 1. The fourth-order valence-corrected chi connectivity index (χ4v) is 4.09. The predicted octanol–water partition coefficient (Wildman–Crippen LogP) is 5.22. The predicted molar refractivity (Wildman–Crippen MR) is 134 cm³/mol. The largest absolute Gasteiger partial charge is 0.481 e. The van der Waals surface area contributed by atoms with E-state index in [1.807, 2.05) is 13.8 Å². The van der Waals surface area contributed by atoms with Crippen molar-refractivity contribution in [2.24, 2.45) is 21.1 Å². The third-order valence-electron chi connectivity index (χ3n) is 6.17. The summed E-state index contributed by atoms with van der Waals surface area (Å²) in [5, 5.41) is 3.91. The summed E-state index contributed by atoms with van der Waals surface area (Å²) in [6, 6.07) is 5.15. The van der Waals surface area contributed by atoms with E-state index in [1.54, 1.807) is 36.4 Å². The first-order valence-corrected chi connectivity index (χ1v) is 11.7. The third-order valence-corrected chi connectivity index (χ3v) is 6.17. The maximum absolute atomic E-state index is 15.5. The van der Waals surface area contributed by atoms with Crippen LogP contribution in [0, 0.1) is 5.92 Å². The summed E-state index contributed by atoms with van der Waals surface area (Å²) in [4.78, 5) is 25.9. The van der Waals surface area contributed by atoms with Gasteiger partial charge in [0.15, 0.2) is 11.9 Å². The molecule has 1 fully saturated rings. The second-order valence-corrected chi connectivity index (χ2v) is 9.20. The fourth-order valence-electron chi connectivity index (χ4n) is 4.09. The molecule has 0 aromatic heterocycles. The van der Waals surface area contributed by atoms with Crippen LogP contribution in [0.2, 0.25) is 0 Å². The molecular formula is C26H31F3N4O3. The van der Waals surface area contributed by atoms with E-state index in [0.717, 1.165) is 6.92 Å².